The van der Waals surface area contributed by atoms with Gasteiger partial charge in [0, 0.05) is 23.9 Å². The largest absolute Gasteiger partial charge is 0.326 e. The van der Waals surface area contributed by atoms with Crippen LogP contribution in [0.1, 0.15) is 55.7 Å². The van der Waals surface area contributed by atoms with E-state index < -0.39 is 11.7 Å². The number of nitrogens with zero attached hydrogens (tertiary/aromatic N) is 1. The van der Waals surface area contributed by atoms with Crippen LogP contribution in [0, 0.1) is 11.7 Å². The quantitative estimate of drug-likeness (QED) is 0.766. The second kappa shape index (κ2) is 7.50. The minimum Gasteiger partial charge on any atom is -0.326 e. The molecule has 0 radical (unpaired) electrons. The number of anilines is 2. The summed E-state index contributed by atoms with van der Waals surface area (Å²) in [4.78, 5) is 24.6. The third kappa shape index (κ3) is 4.02. The summed E-state index contributed by atoms with van der Waals surface area (Å²) < 4.78 is 13.4. The lowest BCUT2D eigenvalue weighted by Gasteiger charge is -2.24. The maximum Gasteiger partial charge on any atom is 0.233 e. The Morgan fingerprint density at radius 1 is 1.22 bits per heavy atom. The van der Waals surface area contributed by atoms with Gasteiger partial charge in [0.15, 0.2) is 5.82 Å². The van der Waals surface area contributed by atoms with Gasteiger partial charge in [-0.05, 0) is 30.0 Å². The summed E-state index contributed by atoms with van der Waals surface area (Å²) in [6.45, 7) is 0. The zero-order valence-corrected chi connectivity index (χ0v) is 15.1. The molecule has 4 rings (SSSR count). The van der Waals surface area contributed by atoms with E-state index in [2.05, 4.69) is 20.8 Å². The second-order valence-electron chi connectivity index (χ2n) is 7.51. The molecule has 2 aliphatic rings. The molecule has 1 atom stereocenters. The molecular weight excluding hydrogens is 347 g/mol. The predicted molar refractivity (Wildman–Crippen MR) is 99.9 cm³/mol. The van der Waals surface area contributed by atoms with Crippen LogP contribution in [0.5, 0.6) is 0 Å². The first-order chi connectivity index (χ1) is 13.1. The minimum absolute atomic E-state index is 0.0316. The van der Waals surface area contributed by atoms with Crippen molar-refractivity contribution in [3.63, 3.8) is 0 Å². The van der Waals surface area contributed by atoms with Crippen molar-refractivity contribution < 1.29 is 14.0 Å². The number of hydrogen-bond donors (Lipinski definition) is 3. The van der Waals surface area contributed by atoms with Gasteiger partial charge in [-0.25, -0.2) is 4.39 Å². The zero-order valence-electron chi connectivity index (χ0n) is 15.1. The molecule has 0 saturated heterocycles. The van der Waals surface area contributed by atoms with Gasteiger partial charge in [0.25, 0.3) is 0 Å². The number of aromatic nitrogens is 2. The van der Waals surface area contributed by atoms with E-state index in [4.69, 9.17) is 0 Å². The zero-order chi connectivity index (χ0) is 18.8. The van der Waals surface area contributed by atoms with Gasteiger partial charge in [-0.2, -0.15) is 5.10 Å². The molecule has 1 aromatic heterocycles. The average molecular weight is 370 g/mol. The number of amides is 2. The van der Waals surface area contributed by atoms with Crippen molar-refractivity contribution in [2.24, 2.45) is 5.92 Å². The molecule has 27 heavy (non-hydrogen) atoms. The van der Waals surface area contributed by atoms with Gasteiger partial charge in [-0.3, -0.25) is 14.7 Å². The Bertz CT molecular complexity index is 857. The monoisotopic (exact) mass is 370 g/mol. The van der Waals surface area contributed by atoms with Crippen molar-refractivity contribution in [1.82, 2.24) is 10.2 Å². The second-order valence-corrected chi connectivity index (χ2v) is 7.51. The van der Waals surface area contributed by atoms with Crippen LogP contribution in [0.2, 0.25) is 0 Å². The maximum atomic E-state index is 13.4. The third-order valence-electron chi connectivity index (χ3n) is 5.49. The molecule has 1 saturated carbocycles. The van der Waals surface area contributed by atoms with Crippen LogP contribution in [0.3, 0.4) is 0 Å². The summed E-state index contributed by atoms with van der Waals surface area (Å²) >= 11 is 0. The van der Waals surface area contributed by atoms with Gasteiger partial charge in [0.1, 0.15) is 5.82 Å². The van der Waals surface area contributed by atoms with Crippen LogP contribution in [0.15, 0.2) is 24.3 Å². The van der Waals surface area contributed by atoms with Crippen molar-refractivity contribution in [2.45, 2.75) is 50.9 Å². The Hall–Kier alpha value is -2.70. The van der Waals surface area contributed by atoms with Gasteiger partial charge < -0.3 is 10.6 Å². The summed E-state index contributed by atoms with van der Waals surface area (Å²) in [6.07, 6.45) is 7.34. The Kier molecular flexibility index (Phi) is 4.92. The maximum absolute atomic E-state index is 13.4. The van der Waals surface area contributed by atoms with Crippen LogP contribution in [-0.4, -0.2) is 22.0 Å². The van der Waals surface area contributed by atoms with E-state index in [9.17, 15) is 14.0 Å². The number of H-pyrrole nitrogens is 1. The van der Waals surface area contributed by atoms with Gasteiger partial charge in [-0.1, -0.05) is 38.2 Å². The molecule has 2 aromatic rings. The molecular formula is C20H23FN4O2. The first kappa shape index (κ1) is 17.7. The molecule has 6 nitrogen and oxygen atoms in total. The number of rotatable bonds is 4. The number of hydrogen-bond acceptors (Lipinski definition) is 3. The molecule has 1 aliphatic heterocycles. The smallest absolute Gasteiger partial charge is 0.233 e. The SMILES string of the molecule is O=C1CC(C(=O)Nc2cc(CC3CCCCC3)[nH]n2)c2ccc(F)cc2N1. The lowest BCUT2D eigenvalue weighted by molar-refractivity contribution is -0.123. The number of carbonyl (C=O) groups is 2. The number of fused-ring (bicyclic) bond motifs is 1. The molecule has 1 unspecified atom stereocenters. The number of benzene rings is 1. The van der Waals surface area contributed by atoms with Gasteiger partial charge >= 0.3 is 0 Å². The Morgan fingerprint density at radius 3 is 2.85 bits per heavy atom. The molecule has 0 bridgehead atoms. The molecule has 2 heterocycles. The first-order valence-corrected chi connectivity index (χ1v) is 9.53. The Labute approximate surface area is 156 Å². The molecule has 7 heteroatoms. The minimum atomic E-state index is -0.659. The standard InChI is InChI=1S/C20H23FN4O2/c21-13-6-7-15-16(11-19(26)22-17(15)9-13)20(27)23-18-10-14(24-25-18)8-12-4-2-1-3-5-12/h6-7,9-10,12,16H,1-5,8,11H2,(H,22,26)(H2,23,24,25,27). The number of halogens is 1. The fourth-order valence-corrected chi connectivity index (χ4v) is 4.12. The average Bonchev–Trinajstić information content (AvgIpc) is 3.08. The van der Waals surface area contributed by atoms with E-state index in [0.29, 0.717) is 23.0 Å². The van der Waals surface area contributed by atoms with Crippen molar-refractivity contribution in [3.8, 4) is 0 Å². The Balaban J connectivity index is 1.44. The lowest BCUT2D eigenvalue weighted by Crippen LogP contribution is -2.31. The van der Waals surface area contributed by atoms with Crippen molar-refractivity contribution >= 4 is 23.3 Å². The van der Waals surface area contributed by atoms with Crippen LogP contribution >= 0.6 is 0 Å². The van der Waals surface area contributed by atoms with E-state index in [1.807, 2.05) is 6.07 Å². The van der Waals surface area contributed by atoms with Crippen molar-refractivity contribution in [2.75, 3.05) is 10.6 Å². The summed E-state index contributed by atoms with van der Waals surface area (Å²) in [5, 5.41) is 12.6. The normalized spacial score (nSPS) is 20.0. The molecule has 3 N–H and O–H groups in total. The van der Waals surface area contributed by atoms with E-state index in [1.165, 1.54) is 44.2 Å². The summed E-state index contributed by atoms with van der Waals surface area (Å²) in [5.74, 6) is -0.587. The predicted octanol–water partition coefficient (Wildman–Crippen LogP) is 3.74. The number of carbonyl (C=O) groups excluding carboxylic acids is 2. The van der Waals surface area contributed by atoms with Crippen LogP contribution < -0.4 is 10.6 Å². The van der Waals surface area contributed by atoms with Crippen molar-refractivity contribution in [3.05, 3.63) is 41.3 Å². The lowest BCUT2D eigenvalue weighted by atomic mass is 9.86. The topological polar surface area (TPSA) is 86.9 Å². The number of aromatic amines is 1. The summed E-state index contributed by atoms with van der Waals surface area (Å²) in [6, 6.07) is 5.95. The third-order valence-corrected chi connectivity index (χ3v) is 5.49. The van der Waals surface area contributed by atoms with Crippen LogP contribution in [0.25, 0.3) is 0 Å². The van der Waals surface area contributed by atoms with E-state index >= 15 is 0 Å². The fourth-order valence-electron chi connectivity index (χ4n) is 4.12. The van der Waals surface area contributed by atoms with Gasteiger partial charge in [0.05, 0.1) is 5.92 Å². The molecule has 142 valence electrons. The highest BCUT2D eigenvalue weighted by Crippen LogP contribution is 2.33. The molecule has 2 amide bonds. The molecule has 1 aromatic carbocycles. The van der Waals surface area contributed by atoms with E-state index in [1.54, 1.807) is 6.07 Å². The number of nitrogens with one attached hydrogen (secondary N) is 3. The molecule has 0 spiro atoms. The first-order valence-electron chi connectivity index (χ1n) is 9.53. The van der Waals surface area contributed by atoms with Crippen LogP contribution in [-0.2, 0) is 16.0 Å². The summed E-state index contributed by atoms with van der Waals surface area (Å²) in [5.41, 5.74) is 1.99. The van der Waals surface area contributed by atoms with E-state index in [0.717, 1.165) is 12.1 Å². The molecule has 1 fully saturated rings. The Morgan fingerprint density at radius 2 is 2.04 bits per heavy atom. The highest BCUT2D eigenvalue weighted by molar-refractivity contribution is 6.04. The van der Waals surface area contributed by atoms with Crippen molar-refractivity contribution in [1.29, 1.82) is 0 Å². The van der Waals surface area contributed by atoms with Crippen LogP contribution in [0.4, 0.5) is 15.9 Å². The summed E-state index contributed by atoms with van der Waals surface area (Å²) in [7, 11) is 0. The van der Waals surface area contributed by atoms with Gasteiger partial charge in [0.2, 0.25) is 11.8 Å². The van der Waals surface area contributed by atoms with E-state index in [-0.39, 0.29) is 18.2 Å². The van der Waals surface area contributed by atoms with Gasteiger partial charge in [-0.15, -0.1) is 0 Å². The highest BCUT2D eigenvalue weighted by atomic mass is 19.1. The molecule has 1 aliphatic carbocycles. The highest BCUT2D eigenvalue weighted by Gasteiger charge is 2.31. The fraction of sp³-hybridized carbons (Fsp3) is 0.450.